The zero-order valence-electron chi connectivity index (χ0n) is 6.46. The van der Waals surface area contributed by atoms with Gasteiger partial charge < -0.3 is 0 Å². The van der Waals surface area contributed by atoms with Crippen molar-refractivity contribution in [1.29, 1.82) is 0 Å². The maximum atomic E-state index is 4.00. The van der Waals surface area contributed by atoms with E-state index in [2.05, 4.69) is 32.4 Å². The number of aromatic nitrogens is 2. The maximum Gasteiger partial charge on any atom is 0.0758 e. The molecule has 0 aromatic carbocycles. The first kappa shape index (κ1) is 9.13. The standard InChI is InChI=1S/C7H11BrN2S/c1-2-6(4-8)3-7-5-11-10-9-7/h5-6H,2-4H2,1H3. The molecule has 11 heavy (non-hydrogen) atoms. The quantitative estimate of drug-likeness (QED) is 0.749. The number of halogens is 1. The molecular formula is C7H11BrN2S. The van der Waals surface area contributed by atoms with E-state index < -0.39 is 0 Å². The highest BCUT2D eigenvalue weighted by Gasteiger charge is 2.06. The predicted molar refractivity (Wildman–Crippen MR) is 51.2 cm³/mol. The molecule has 0 aliphatic heterocycles. The van der Waals surface area contributed by atoms with Gasteiger partial charge in [-0.25, -0.2) is 0 Å². The fourth-order valence-electron chi connectivity index (χ4n) is 0.877. The van der Waals surface area contributed by atoms with Crippen molar-refractivity contribution in [2.24, 2.45) is 5.92 Å². The van der Waals surface area contributed by atoms with Gasteiger partial charge in [0.05, 0.1) is 5.69 Å². The Balaban J connectivity index is 2.41. The van der Waals surface area contributed by atoms with Gasteiger partial charge in [0.2, 0.25) is 0 Å². The number of rotatable bonds is 4. The Labute approximate surface area is 79.3 Å². The van der Waals surface area contributed by atoms with Gasteiger partial charge in [-0.3, -0.25) is 0 Å². The Morgan fingerprint density at radius 1 is 1.73 bits per heavy atom. The third kappa shape index (κ3) is 2.87. The molecule has 0 saturated heterocycles. The molecule has 4 heteroatoms. The molecule has 0 bridgehead atoms. The highest BCUT2D eigenvalue weighted by Crippen LogP contribution is 2.13. The van der Waals surface area contributed by atoms with Crippen LogP contribution in [-0.4, -0.2) is 14.9 Å². The van der Waals surface area contributed by atoms with Gasteiger partial charge in [-0.1, -0.05) is 33.8 Å². The predicted octanol–water partition coefficient (Wildman–Crippen LogP) is 2.50. The zero-order chi connectivity index (χ0) is 8.10. The van der Waals surface area contributed by atoms with E-state index in [1.54, 1.807) is 0 Å². The Bertz CT molecular complexity index is 184. The first-order chi connectivity index (χ1) is 5.36. The maximum absolute atomic E-state index is 4.00. The minimum absolute atomic E-state index is 0.707. The molecule has 0 N–H and O–H groups in total. The second-order valence-corrected chi connectivity index (χ2v) is 3.79. The van der Waals surface area contributed by atoms with Crippen LogP contribution in [0.1, 0.15) is 19.0 Å². The summed E-state index contributed by atoms with van der Waals surface area (Å²) in [5.41, 5.74) is 1.13. The van der Waals surface area contributed by atoms with Crippen LogP contribution in [0.5, 0.6) is 0 Å². The second-order valence-electron chi connectivity index (χ2n) is 2.53. The van der Waals surface area contributed by atoms with Crippen LogP contribution in [-0.2, 0) is 6.42 Å². The summed E-state index contributed by atoms with van der Waals surface area (Å²) in [5, 5.41) is 7.08. The fraction of sp³-hybridized carbons (Fsp3) is 0.714. The van der Waals surface area contributed by atoms with E-state index in [0.29, 0.717) is 5.92 Å². The largest absolute Gasteiger partial charge is 0.143 e. The molecule has 1 rings (SSSR count). The summed E-state index contributed by atoms with van der Waals surface area (Å²) in [7, 11) is 0. The van der Waals surface area contributed by atoms with Crippen LogP contribution in [0.2, 0.25) is 0 Å². The summed E-state index contributed by atoms with van der Waals surface area (Å²) in [5.74, 6) is 0.707. The van der Waals surface area contributed by atoms with Gasteiger partial charge >= 0.3 is 0 Å². The molecule has 0 fully saturated rings. The van der Waals surface area contributed by atoms with Crippen molar-refractivity contribution in [3.8, 4) is 0 Å². The van der Waals surface area contributed by atoms with Crippen LogP contribution in [0.25, 0.3) is 0 Å². The Hall–Kier alpha value is 0.0400. The van der Waals surface area contributed by atoms with Gasteiger partial charge in [-0.2, -0.15) is 0 Å². The van der Waals surface area contributed by atoms with E-state index in [-0.39, 0.29) is 0 Å². The molecule has 1 unspecified atom stereocenters. The van der Waals surface area contributed by atoms with Crippen molar-refractivity contribution < 1.29 is 0 Å². The van der Waals surface area contributed by atoms with E-state index in [1.165, 1.54) is 18.0 Å². The molecule has 0 amide bonds. The lowest BCUT2D eigenvalue weighted by atomic mass is 10.0. The van der Waals surface area contributed by atoms with Crippen LogP contribution in [0.15, 0.2) is 5.38 Å². The SMILES string of the molecule is CCC(CBr)Cc1csnn1. The first-order valence-electron chi connectivity index (χ1n) is 3.68. The second kappa shape index (κ2) is 4.83. The van der Waals surface area contributed by atoms with Gasteiger partial charge in [-0.05, 0) is 23.9 Å². The lowest BCUT2D eigenvalue weighted by Gasteiger charge is -2.07. The monoisotopic (exact) mass is 234 g/mol. The van der Waals surface area contributed by atoms with Crippen LogP contribution >= 0.6 is 27.5 Å². The summed E-state index contributed by atoms with van der Waals surface area (Å²) in [4.78, 5) is 0. The molecule has 0 saturated carbocycles. The molecule has 62 valence electrons. The number of alkyl halides is 1. The number of hydrogen-bond acceptors (Lipinski definition) is 3. The average molecular weight is 235 g/mol. The molecule has 1 aromatic rings. The van der Waals surface area contributed by atoms with Crippen molar-refractivity contribution in [2.75, 3.05) is 5.33 Å². The van der Waals surface area contributed by atoms with Gasteiger partial charge in [0.15, 0.2) is 0 Å². The Kier molecular flexibility index (Phi) is 4.01. The van der Waals surface area contributed by atoms with Crippen molar-refractivity contribution in [1.82, 2.24) is 9.59 Å². The number of hydrogen-bond donors (Lipinski definition) is 0. The normalized spacial score (nSPS) is 13.3. The molecule has 1 aromatic heterocycles. The topological polar surface area (TPSA) is 25.8 Å². The molecule has 1 atom stereocenters. The minimum Gasteiger partial charge on any atom is -0.143 e. The molecule has 0 radical (unpaired) electrons. The van der Waals surface area contributed by atoms with E-state index in [0.717, 1.165) is 17.4 Å². The van der Waals surface area contributed by atoms with Gasteiger partial charge in [-0.15, -0.1) is 5.10 Å². The van der Waals surface area contributed by atoms with E-state index in [9.17, 15) is 0 Å². The average Bonchev–Trinajstić information content (AvgIpc) is 2.52. The molecule has 0 spiro atoms. The number of nitrogens with zero attached hydrogens (tertiary/aromatic N) is 2. The highest BCUT2D eigenvalue weighted by molar-refractivity contribution is 9.09. The molecule has 2 nitrogen and oxygen atoms in total. The molecule has 0 aliphatic rings. The molecule has 1 heterocycles. The van der Waals surface area contributed by atoms with Crippen LogP contribution in [0.3, 0.4) is 0 Å². The van der Waals surface area contributed by atoms with Crippen molar-refractivity contribution in [2.45, 2.75) is 19.8 Å². The summed E-state index contributed by atoms with van der Waals surface area (Å²) in [6.45, 7) is 2.20. The van der Waals surface area contributed by atoms with Crippen molar-refractivity contribution >= 4 is 27.5 Å². The van der Waals surface area contributed by atoms with Gasteiger partial charge in [0, 0.05) is 10.7 Å². The van der Waals surface area contributed by atoms with Gasteiger partial charge in [0.1, 0.15) is 0 Å². The van der Waals surface area contributed by atoms with Crippen LogP contribution in [0, 0.1) is 5.92 Å². The van der Waals surface area contributed by atoms with E-state index in [4.69, 9.17) is 0 Å². The Morgan fingerprint density at radius 2 is 2.55 bits per heavy atom. The summed E-state index contributed by atoms with van der Waals surface area (Å²) in [6, 6.07) is 0. The fourth-order valence-corrected chi connectivity index (χ4v) is 2.03. The zero-order valence-corrected chi connectivity index (χ0v) is 8.86. The summed E-state index contributed by atoms with van der Waals surface area (Å²) >= 11 is 4.90. The minimum atomic E-state index is 0.707. The third-order valence-corrected chi connectivity index (χ3v) is 3.17. The Morgan fingerprint density at radius 3 is 3.00 bits per heavy atom. The molecular weight excluding hydrogens is 224 g/mol. The summed E-state index contributed by atoms with van der Waals surface area (Å²) < 4.78 is 3.82. The highest BCUT2D eigenvalue weighted by atomic mass is 79.9. The lowest BCUT2D eigenvalue weighted by Crippen LogP contribution is -2.04. The first-order valence-corrected chi connectivity index (χ1v) is 5.64. The van der Waals surface area contributed by atoms with Crippen molar-refractivity contribution in [3.63, 3.8) is 0 Å². The molecule has 0 aliphatic carbocycles. The van der Waals surface area contributed by atoms with Crippen LogP contribution < -0.4 is 0 Å². The van der Waals surface area contributed by atoms with E-state index in [1.807, 2.05) is 5.38 Å². The van der Waals surface area contributed by atoms with Crippen molar-refractivity contribution in [3.05, 3.63) is 11.1 Å². The van der Waals surface area contributed by atoms with E-state index >= 15 is 0 Å². The van der Waals surface area contributed by atoms with Gasteiger partial charge in [0.25, 0.3) is 0 Å². The lowest BCUT2D eigenvalue weighted by molar-refractivity contribution is 0.565. The van der Waals surface area contributed by atoms with Crippen LogP contribution in [0.4, 0.5) is 0 Å². The smallest absolute Gasteiger partial charge is 0.0758 e. The summed E-state index contributed by atoms with van der Waals surface area (Å²) in [6.07, 6.45) is 2.25. The third-order valence-electron chi connectivity index (χ3n) is 1.70.